The van der Waals surface area contributed by atoms with Crippen molar-refractivity contribution in [1.29, 1.82) is 0 Å². The summed E-state index contributed by atoms with van der Waals surface area (Å²) < 4.78 is 40.7. The molecule has 0 aromatic heterocycles. The molecule has 0 saturated carbocycles. The molecule has 0 spiro atoms. The third-order valence-electron chi connectivity index (χ3n) is 6.71. The Morgan fingerprint density at radius 3 is 2.59 bits per heavy atom. The normalized spacial score (nSPS) is 18.9. The summed E-state index contributed by atoms with van der Waals surface area (Å²) in [5.41, 5.74) is 3.18. The number of ether oxygens (including phenoxy) is 2. The van der Waals surface area contributed by atoms with Crippen molar-refractivity contribution in [2.24, 2.45) is 5.92 Å². The highest BCUT2D eigenvalue weighted by Gasteiger charge is 2.41. The van der Waals surface area contributed by atoms with E-state index >= 15 is 0 Å². The van der Waals surface area contributed by atoms with E-state index in [9.17, 15) is 8.42 Å². The molecule has 2 aliphatic rings. The van der Waals surface area contributed by atoms with Crippen LogP contribution in [0.4, 0.5) is 5.69 Å². The van der Waals surface area contributed by atoms with Crippen LogP contribution in [0.5, 0.6) is 5.75 Å². The van der Waals surface area contributed by atoms with Crippen LogP contribution in [0, 0.1) is 12.8 Å². The lowest BCUT2D eigenvalue weighted by molar-refractivity contribution is 0.0497. The first-order chi connectivity index (χ1) is 15.2. The van der Waals surface area contributed by atoms with Gasteiger partial charge in [0, 0.05) is 13.2 Å². The van der Waals surface area contributed by atoms with E-state index in [1.165, 1.54) is 5.56 Å². The van der Waals surface area contributed by atoms with Gasteiger partial charge in [0.05, 0.1) is 22.7 Å². The number of hydrogen-bond acceptors (Lipinski definition) is 4. The zero-order chi connectivity index (χ0) is 22.9. The molecule has 2 aromatic rings. The topological polar surface area (TPSA) is 55.8 Å². The molecule has 0 amide bonds. The number of aryl methyl sites for hydroxylation is 2. The van der Waals surface area contributed by atoms with Crippen LogP contribution in [-0.2, 0) is 27.6 Å². The molecule has 0 aliphatic carbocycles. The number of sulfonamides is 1. The Morgan fingerprint density at radius 1 is 1.16 bits per heavy atom. The van der Waals surface area contributed by atoms with Crippen LogP contribution in [-0.4, -0.2) is 33.8 Å². The van der Waals surface area contributed by atoms with Crippen LogP contribution in [0.25, 0.3) is 0 Å². The highest BCUT2D eigenvalue weighted by molar-refractivity contribution is 7.93. The van der Waals surface area contributed by atoms with Crippen LogP contribution < -0.4 is 9.04 Å². The summed E-state index contributed by atoms with van der Waals surface area (Å²) >= 11 is 0. The maximum absolute atomic E-state index is 13.8. The molecule has 0 atom stereocenters. The molecule has 6 heteroatoms. The molecule has 0 bridgehead atoms. The smallest absolute Gasteiger partial charge is 0.264 e. The minimum atomic E-state index is -3.76. The first-order valence-corrected chi connectivity index (χ1v) is 13.0. The van der Waals surface area contributed by atoms with E-state index in [2.05, 4.69) is 19.9 Å². The van der Waals surface area contributed by atoms with Gasteiger partial charge in [0.1, 0.15) is 5.75 Å². The van der Waals surface area contributed by atoms with Crippen molar-refractivity contribution in [3.05, 3.63) is 60.0 Å². The Hall–Kier alpha value is -2.05. The Bertz CT molecular complexity index is 1070. The first kappa shape index (κ1) is 23.1. The van der Waals surface area contributed by atoms with Gasteiger partial charge in [-0.15, -0.1) is 0 Å². The van der Waals surface area contributed by atoms with E-state index in [4.69, 9.17) is 9.47 Å². The fourth-order valence-electron chi connectivity index (χ4n) is 4.66. The van der Waals surface area contributed by atoms with Crippen molar-refractivity contribution in [3.8, 4) is 5.75 Å². The highest BCUT2D eigenvalue weighted by Crippen LogP contribution is 2.41. The van der Waals surface area contributed by atoms with Gasteiger partial charge in [-0.3, -0.25) is 4.31 Å². The van der Waals surface area contributed by atoms with Gasteiger partial charge in [-0.1, -0.05) is 19.1 Å². The summed E-state index contributed by atoms with van der Waals surface area (Å²) in [6.07, 6.45) is 4.56. The van der Waals surface area contributed by atoms with Gasteiger partial charge in [0.25, 0.3) is 10.0 Å². The molecule has 1 saturated heterocycles. The van der Waals surface area contributed by atoms with Gasteiger partial charge in [-0.05, 0) is 99.7 Å². The van der Waals surface area contributed by atoms with Crippen LogP contribution in [0.15, 0.2) is 41.3 Å². The minimum Gasteiger partial charge on any atom is -0.493 e. The van der Waals surface area contributed by atoms with Gasteiger partial charge in [0.2, 0.25) is 0 Å². The number of fused-ring (bicyclic) bond motifs is 1. The summed E-state index contributed by atoms with van der Waals surface area (Å²) in [7, 11) is -3.76. The van der Waals surface area contributed by atoms with E-state index in [1.54, 1.807) is 22.5 Å². The number of benzene rings is 2. The zero-order valence-corrected chi connectivity index (χ0v) is 20.2. The molecule has 0 N–H and O–H groups in total. The largest absolute Gasteiger partial charge is 0.493 e. The van der Waals surface area contributed by atoms with Crippen molar-refractivity contribution < 1.29 is 17.9 Å². The quantitative estimate of drug-likeness (QED) is 0.603. The van der Waals surface area contributed by atoms with Gasteiger partial charge in [0.15, 0.2) is 0 Å². The predicted molar refractivity (Wildman–Crippen MR) is 128 cm³/mol. The summed E-state index contributed by atoms with van der Waals surface area (Å²) in [5, 5.41) is 0. The van der Waals surface area contributed by atoms with Gasteiger partial charge >= 0.3 is 0 Å². The molecular weight excluding hydrogens is 422 g/mol. The molecule has 4 rings (SSSR count). The van der Waals surface area contributed by atoms with E-state index in [0.717, 1.165) is 56.6 Å². The average molecular weight is 457 g/mol. The molecule has 5 nitrogen and oxygen atoms in total. The van der Waals surface area contributed by atoms with Crippen molar-refractivity contribution in [3.63, 3.8) is 0 Å². The summed E-state index contributed by atoms with van der Waals surface area (Å²) in [5.74, 6) is 1.10. The van der Waals surface area contributed by atoms with Crippen LogP contribution >= 0.6 is 0 Å². The van der Waals surface area contributed by atoms with E-state index < -0.39 is 15.6 Å². The standard InChI is InChI=1S/C26H34NO4S/c1-5-20-6-8-24-22(17-20)10-13-26(3,4)27(24)32(28,29)23-7-9-25(19(2)16-23)31-18-21-11-14-30-15-12-21/h6-9,16-17,21H,2,5,10-15,18H2,1,3-4H3. The number of hydrogen-bond donors (Lipinski definition) is 0. The maximum atomic E-state index is 13.8. The fraction of sp³-hybridized carbons (Fsp3) is 0.500. The van der Waals surface area contributed by atoms with E-state index in [-0.39, 0.29) is 4.90 Å². The Morgan fingerprint density at radius 2 is 1.91 bits per heavy atom. The molecule has 173 valence electrons. The lowest BCUT2D eigenvalue weighted by Crippen LogP contribution is -2.50. The predicted octanol–water partition coefficient (Wildman–Crippen LogP) is 5.16. The molecule has 2 aromatic carbocycles. The van der Waals surface area contributed by atoms with Crippen LogP contribution in [0.3, 0.4) is 0 Å². The minimum absolute atomic E-state index is 0.251. The van der Waals surface area contributed by atoms with Gasteiger partial charge in [-0.2, -0.15) is 0 Å². The number of nitrogens with zero attached hydrogens (tertiary/aromatic N) is 1. The maximum Gasteiger partial charge on any atom is 0.264 e. The first-order valence-electron chi connectivity index (χ1n) is 11.6. The lowest BCUT2D eigenvalue weighted by atomic mass is 9.88. The Kier molecular flexibility index (Phi) is 6.55. The van der Waals surface area contributed by atoms with Crippen molar-refractivity contribution in [1.82, 2.24) is 0 Å². The molecule has 0 unspecified atom stereocenters. The van der Waals surface area contributed by atoms with Gasteiger partial charge < -0.3 is 9.47 Å². The number of anilines is 1. The SMILES string of the molecule is [CH2]c1cc(S(=O)(=O)N2c3ccc(CC)cc3CCC2(C)C)ccc1OCC1CCOCC1. The summed E-state index contributed by atoms with van der Waals surface area (Å²) in [4.78, 5) is 0.251. The van der Waals surface area contributed by atoms with Gasteiger partial charge in [-0.25, -0.2) is 8.42 Å². The summed E-state index contributed by atoms with van der Waals surface area (Å²) in [6.45, 7) is 12.3. The molecule has 2 heterocycles. The van der Waals surface area contributed by atoms with Crippen molar-refractivity contribution >= 4 is 15.7 Å². The Balaban J connectivity index is 1.62. The van der Waals surface area contributed by atoms with Crippen molar-refractivity contribution in [2.75, 3.05) is 24.1 Å². The third kappa shape index (κ3) is 4.53. The monoisotopic (exact) mass is 456 g/mol. The zero-order valence-electron chi connectivity index (χ0n) is 19.4. The molecular formula is C26H34NO4S. The van der Waals surface area contributed by atoms with E-state index in [0.29, 0.717) is 23.8 Å². The third-order valence-corrected chi connectivity index (χ3v) is 8.73. The average Bonchev–Trinajstić information content (AvgIpc) is 2.77. The highest BCUT2D eigenvalue weighted by atomic mass is 32.2. The second-order valence-electron chi connectivity index (χ2n) is 9.53. The molecule has 1 fully saturated rings. The molecule has 2 aliphatic heterocycles. The molecule has 1 radical (unpaired) electrons. The second-order valence-corrected chi connectivity index (χ2v) is 11.3. The van der Waals surface area contributed by atoms with Crippen LogP contribution in [0.1, 0.15) is 56.7 Å². The number of rotatable bonds is 6. The van der Waals surface area contributed by atoms with Crippen molar-refractivity contribution in [2.45, 2.75) is 63.3 Å². The lowest BCUT2D eigenvalue weighted by Gasteiger charge is -2.44. The fourth-order valence-corrected chi connectivity index (χ4v) is 6.58. The second kappa shape index (κ2) is 9.06. The summed E-state index contributed by atoms with van der Waals surface area (Å²) in [6, 6.07) is 11.2. The molecule has 32 heavy (non-hydrogen) atoms. The Labute approximate surface area is 192 Å². The van der Waals surface area contributed by atoms with Crippen LogP contribution in [0.2, 0.25) is 0 Å². The van der Waals surface area contributed by atoms with E-state index in [1.807, 2.05) is 26.0 Å².